The number of aryl methyl sites for hydroxylation is 2. The third-order valence-corrected chi connectivity index (χ3v) is 2.74. The maximum Gasteiger partial charge on any atom is 0.287 e. The van der Waals surface area contributed by atoms with Crippen LogP contribution in [-0.2, 0) is 20.0 Å². The zero-order chi connectivity index (χ0) is 13.1. The van der Waals surface area contributed by atoms with E-state index in [0.717, 1.165) is 17.7 Å². The molecule has 0 saturated heterocycles. The molecule has 0 spiro atoms. The Morgan fingerprint density at radius 1 is 1.56 bits per heavy atom. The SMILES string of the molecule is CCc1ccc(C(=O)NCc2cnn(C)c2N)o1. The van der Waals surface area contributed by atoms with Crippen molar-refractivity contribution in [3.63, 3.8) is 0 Å². The van der Waals surface area contributed by atoms with Crippen LogP contribution < -0.4 is 11.1 Å². The number of hydrogen-bond donors (Lipinski definition) is 2. The summed E-state index contributed by atoms with van der Waals surface area (Å²) >= 11 is 0. The van der Waals surface area contributed by atoms with Gasteiger partial charge < -0.3 is 15.5 Å². The number of nitrogens with zero attached hydrogens (tertiary/aromatic N) is 2. The fraction of sp³-hybridized carbons (Fsp3) is 0.333. The van der Waals surface area contributed by atoms with Gasteiger partial charge in [-0.2, -0.15) is 5.10 Å². The number of nitrogen functional groups attached to an aromatic ring is 1. The predicted octanol–water partition coefficient (Wildman–Crippen LogP) is 1.09. The average Bonchev–Trinajstić information content (AvgIpc) is 2.96. The molecule has 1 amide bonds. The number of nitrogens with two attached hydrogens (primary N) is 1. The highest BCUT2D eigenvalue weighted by Crippen LogP contribution is 2.11. The van der Waals surface area contributed by atoms with E-state index in [1.807, 2.05) is 6.92 Å². The summed E-state index contributed by atoms with van der Waals surface area (Å²) < 4.78 is 6.91. The molecule has 0 fully saturated rings. The molecule has 18 heavy (non-hydrogen) atoms. The summed E-state index contributed by atoms with van der Waals surface area (Å²) in [5, 5.41) is 6.74. The van der Waals surface area contributed by atoms with Gasteiger partial charge in [0.1, 0.15) is 11.6 Å². The van der Waals surface area contributed by atoms with Crippen molar-refractivity contribution in [2.24, 2.45) is 7.05 Å². The second kappa shape index (κ2) is 4.95. The Labute approximate surface area is 105 Å². The largest absolute Gasteiger partial charge is 0.456 e. The number of hydrogen-bond acceptors (Lipinski definition) is 4. The zero-order valence-corrected chi connectivity index (χ0v) is 10.4. The number of anilines is 1. The number of nitrogens with one attached hydrogen (secondary N) is 1. The number of furan rings is 1. The number of carbonyl (C=O) groups excluding carboxylic acids is 1. The predicted molar refractivity (Wildman–Crippen MR) is 66.9 cm³/mol. The molecule has 2 aromatic rings. The topological polar surface area (TPSA) is 86.1 Å². The summed E-state index contributed by atoms with van der Waals surface area (Å²) in [4.78, 5) is 11.8. The second-order valence-electron chi connectivity index (χ2n) is 3.98. The standard InChI is InChI=1S/C12H16N4O2/c1-3-9-4-5-10(18-9)12(17)14-6-8-7-15-16(2)11(8)13/h4-5,7H,3,6,13H2,1-2H3,(H,14,17). The van der Waals surface area contributed by atoms with Crippen LogP contribution in [-0.4, -0.2) is 15.7 Å². The molecule has 0 unspecified atom stereocenters. The first-order valence-corrected chi connectivity index (χ1v) is 5.75. The molecule has 0 aromatic carbocycles. The Kier molecular flexibility index (Phi) is 3.36. The lowest BCUT2D eigenvalue weighted by Crippen LogP contribution is -2.22. The zero-order valence-electron chi connectivity index (χ0n) is 10.4. The average molecular weight is 248 g/mol. The highest BCUT2D eigenvalue weighted by Gasteiger charge is 2.12. The summed E-state index contributed by atoms with van der Waals surface area (Å²) in [7, 11) is 1.75. The number of carbonyl (C=O) groups is 1. The van der Waals surface area contributed by atoms with E-state index in [0.29, 0.717) is 18.1 Å². The fourth-order valence-electron chi connectivity index (χ4n) is 1.58. The minimum absolute atomic E-state index is 0.252. The Morgan fingerprint density at radius 2 is 2.33 bits per heavy atom. The molecule has 3 N–H and O–H groups in total. The van der Waals surface area contributed by atoms with Gasteiger partial charge in [0.15, 0.2) is 5.76 Å². The van der Waals surface area contributed by atoms with Crippen LogP contribution in [0.1, 0.15) is 28.8 Å². The van der Waals surface area contributed by atoms with E-state index >= 15 is 0 Å². The monoisotopic (exact) mass is 248 g/mol. The number of rotatable bonds is 4. The van der Waals surface area contributed by atoms with Gasteiger partial charge >= 0.3 is 0 Å². The quantitative estimate of drug-likeness (QED) is 0.848. The molecular weight excluding hydrogens is 232 g/mol. The third kappa shape index (κ3) is 2.37. The lowest BCUT2D eigenvalue weighted by molar-refractivity contribution is 0.0921. The van der Waals surface area contributed by atoms with E-state index in [-0.39, 0.29) is 5.91 Å². The van der Waals surface area contributed by atoms with Crippen molar-refractivity contribution in [3.05, 3.63) is 35.4 Å². The Balaban J connectivity index is 1.98. The summed E-state index contributed by atoms with van der Waals surface area (Å²) in [6.07, 6.45) is 2.40. The lowest BCUT2D eigenvalue weighted by atomic mass is 10.3. The first-order chi connectivity index (χ1) is 8.61. The molecule has 96 valence electrons. The molecular formula is C12H16N4O2. The minimum atomic E-state index is -0.252. The fourth-order valence-corrected chi connectivity index (χ4v) is 1.58. The van der Waals surface area contributed by atoms with Crippen molar-refractivity contribution in [3.8, 4) is 0 Å². The van der Waals surface area contributed by atoms with Crippen molar-refractivity contribution < 1.29 is 9.21 Å². The van der Waals surface area contributed by atoms with Crippen LogP contribution >= 0.6 is 0 Å². The molecule has 6 heteroatoms. The van der Waals surface area contributed by atoms with Crippen LogP contribution in [0.3, 0.4) is 0 Å². The van der Waals surface area contributed by atoms with Crippen LogP contribution in [0.25, 0.3) is 0 Å². The molecule has 0 bridgehead atoms. The summed E-state index contributed by atoms with van der Waals surface area (Å²) in [6.45, 7) is 2.30. The Hall–Kier alpha value is -2.24. The van der Waals surface area contributed by atoms with Crippen LogP contribution in [0.4, 0.5) is 5.82 Å². The van der Waals surface area contributed by atoms with Crippen LogP contribution in [0, 0.1) is 0 Å². The highest BCUT2D eigenvalue weighted by atomic mass is 16.3. The van der Waals surface area contributed by atoms with Gasteiger partial charge in [-0.05, 0) is 12.1 Å². The first-order valence-electron chi connectivity index (χ1n) is 5.75. The van der Waals surface area contributed by atoms with Gasteiger partial charge in [0.2, 0.25) is 0 Å². The van der Waals surface area contributed by atoms with Crippen molar-refractivity contribution in [2.75, 3.05) is 5.73 Å². The molecule has 0 aliphatic rings. The molecule has 2 aromatic heterocycles. The maximum atomic E-state index is 11.8. The Bertz CT molecular complexity index is 556. The van der Waals surface area contributed by atoms with Crippen molar-refractivity contribution in [2.45, 2.75) is 19.9 Å². The van der Waals surface area contributed by atoms with Gasteiger partial charge in [0.25, 0.3) is 5.91 Å². The molecule has 6 nitrogen and oxygen atoms in total. The molecule has 0 aliphatic heterocycles. The molecule has 2 rings (SSSR count). The van der Waals surface area contributed by atoms with Crippen LogP contribution in [0.15, 0.2) is 22.7 Å². The first kappa shape index (κ1) is 12.2. The van der Waals surface area contributed by atoms with Crippen molar-refractivity contribution >= 4 is 11.7 Å². The second-order valence-corrected chi connectivity index (χ2v) is 3.98. The third-order valence-electron chi connectivity index (χ3n) is 2.74. The number of amides is 1. The van der Waals surface area contributed by atoms with E-state index in [1.54, 1.807) is 30.1 Å². The van der Waals surface area contributed by atoms with Gasteiger partial charge in [-0.25, -0.2) is 0 Å². The normalized spacial score (nSPS) is 10.6. The van der Waals surface area contributed by atoms with Gasteiger partial charge in [0.05, 0.1) is 6.20 Å². The maximum absolute atomic E-state index is 11.8. The molecule has 2 heterocycles. The van der Waals surface area contributed by atoms with E-state index in [1.165, 1.54) is 0 Å². The lowest BCUT2D eigenvalue weighted by Gasteiger charge is -2.02. The number of aromatic nitrogens is 2. The smallest absolute Gasteiger partial charge is 0.287 e. The van der Waals surface area contributed by atoms with Crippen molar-refractivity contribution in [1.82, 2.24) is 15.1 Å². The van der Waals surface area contributed by atoms with Crippen molar-refractivity contribution in [1.29, 1.82) is 0 Å². The van der Waals surface area contributed by atoms with E-state index in [9.17, 15) is 4.79 Å². The summed E-state index contributed by atoms with van der Waals surface area (Å²) in [6, 6.07) is 3.47. The minimum Gasteiger partial charge on any atom is -0.456 e. The van der Waals surface area contributed by atoms with Gasteiger partial charge in [0, 0.05) is 25.6 Å². The van der Waals surface area contributed by atoms with Gasteiger partial charge in [-0.1, -0.05) is 6.92 Å². The van der Waals surface area contributed by atoms with E-state index < -0.39 is 0 Å². The summed E-state index contributed by atoms with van der Waals surface area (Å²) in [5.41, 5.74) is 6.56. The summed E-state index contributed by atoms with van der Waals surface area (Å²) in [5.74, 6) is 1.40. The molecule has 0 atom stereocenters. The highest BCUT2D eigenvalue weighted by molar-refractivity contribution is 5.91. The van der Waals surface area contributed by atoms with E-state index in [4.69, 9.17) is 10.2 Å². The van der Waals surface area contributed by atoms with E-state index in [2.05, 4.69) is 10.4 Å². The molecule has 0 saturated carbocycles. The van der Waals surface area contributed by atoms with Crippen LogP contribution in [0.2, 0.25) is 0 Å². The Morgan fingerprint density at radius 3 is 2.89 bits per heavy atom. The molecule has 0 radical (unpaired) electrons. The van der Waals surface area contributed by atoms with Gasteiger partial charge in [-0.3, -0.25) is 9.48 Å². The van der Waals surface area contributed by atoms with Crippen LogP contribution in [0.5, 0.6) is 0 Å². The van der Waals surface area contributed by atoms with Gasteiger partial charge in [-0.15, -0.1) is 0 Å². The molecule has 0 aliphatic carbocycles.